The van der Waals surface area contributed by atoms with Crippen LogP contribution in [0, 0.1) is 6.92 Å². The summed E-state index contributed by atoms with van der Waals surface area (Å²) in [6, 6.07) is 6.09. The first kappa shape index (κ1) is 21.4. The first-order valence-electron chi connectivity index (χ1n) is 9.83. The molecule has 1 saturated heterocycles. The van der Waals surface area contributed by atoms with Gasteiger partial charge in [-0.05, 0) is 44.4 Å². The van der Waals surface area contributed by atoms with Crippen molar-refractivity contribution in [2.24, 2.45) is 0 Å². The van der Waals surface area contributed by atoms with Gasteiger partial charge < -0.3 is 10.6 Å². The lowest BCUT2D eigenvalue weighted by molar-refractivity contribution is 0.0607. The molecule has 1 aromatic carbocycles. The van der Waals surface area contributed by atoms with Gasteiger partial charge in [0.25, 0.3) is 5.91 Å². The summed E-state index contributed by atoms with van der Waals surface area (Å²) in [5.74, 6) is 0.130. The third-order valence-electron chi connectivity index (χ3n) is 5.30. The molecule has 1 fully saturated rings. The van der Waals surface area contributed by atoms with Gasteiger partial charge in [-0.3, -0.25) is 9.52 Å². The standard InChI is InChI=1S/C20H23ClN6O3S/c1-12-11-27-18(23-19(12)22)10-16(24-27)17-5-3-4-8-26(17)20(28)14-9-13(21)6-7-15(14)25-31(2,29)30/h6-7,9-11,17,25H,3-5,8H2,1-2H3,(H2,22,23)/t17-/m0/s1. The van der Waals surface area contributed by atoms with Crippen LogP contribution in [0.2, 0.25) is 5.02 Å². The van der Waals surface area contributed by atoms with E-state index < -0.39 is 10.0 Å². The summed E-state index contributed by atoms with van der Waals surface area (Å²) in [7, 11) is -3.57. The molecule has 1 atom stereocenters. The fraction of sp³-hybridized carbons (Fsp3) is 0.350. The predicted molar refractivity (Wildman–Crippen MR) is 120 cm³/mol. The number of carbonyl (C=O) groups excluding carboxylic acids is 1. The molecule has 11 heteroatoms. The average Bonchev–Trinajstić information content (AvgIpc) is 3.10. The minimum atomic E-state index is -3.57. The molecule has 3 heterocycles. The molecule has 0 saturated carbocycles. The summed E-state index contributed by atoms with van der Waals surface area (Å²) < 4.78 is 27.6. The van der Waals surface area contributed by atoms with Crippen molar-refractivity contribution >= 4 is 44.7 Å². The minimum absolute atomic E-state index is 0.196. The summed E-state index contributed by atoms with van der Waals surface area (Å²) in [5.41, 5.74) is 8.45. The number of rotatable bonds is 4. The smallest absolute Gasteiger partial charge is 0.256 e. The van der Waals surface area contributed by atoms with Gasteiger partial charge in [0, 0.05) is 29.4 Å². The highest BCUT2D eigenvalue weighted by Gasteiger charge is 2.32. The lowest BCUT2D eigenvalue weighted by Crippen LogP contribution is -2.39. The largest absolute Gasteiger partial charge is 0.383 e. The van der Waals surface area contributed by atoms with Crippen molar-refractivity contribution in [1.29, 1.82) is 0 Å². The summed E-state index contributed by atoms with van der Waals surface area (Å²) in [4.78, 5) is 19.6. The Labute approximate surface area is 185 Å². The van der Waals surface area contributed by atoms with E-state index in [0.29, 0.717) is 28.7 Å². The monoisotopic (exact) mass is 462 g/mol. The summed E-state index contributed by atoms with van der Waals surface area (Å²) in [6.45, 7) is 2.38. The number of likely N-dealkylation sites (tertiary alicyclic amines) is 1. The van der Waals surface area contributed by atoms with Crippen LogP contribution in [-0.2, 0) is 10.0 Å². The molecule has 3 N–H and O–H groups in total. The maximum absolute atomic E-state index is 13.5. The number of aromatic nitrogens is 3. The van der Waals surface area contributed by atoms with Crippen LogP contribution >= 0.6 is 11.6 Å². The van der Waals surface area contributed by atoms with Gasteiger partial charge in [-0.1, -0.05) is 11.6 Å². The second-order valence-electron chi connectivity index (χ2n) is 7.76. The number of halogens is 1. The number of aryl methyl sites for hydroxylation is 1. The number of nitrogens with one attached hydrogen (secondary N) is 1. The van der Waals surface area contributed by atoms with Crippen LogP contribution in [0.3, 0.4) is 0 Å². The molecule has 1 amide bonds. The van der Waals surface area contributed by atoms with E-state index in [9.17, 15) is 13.2 Å². The van der Waals surface area contributed by atoms with Crippen LogP contribution in [0.5, 0.6) is 0 Å². The van der Waals surface area contributed by atoms with Crippen molar-refractivity contribution in [3.8, 4) is 0 Å². The molecule has 31 heavy (non-hydrogen) atoms. The highest BCUT2D eigenvalue weighted by Crippen LogP contribution is 2.34. The highest BCUT2D eigenvalue weighted by atomic mass is 35.5. The highest BCUT2D eigenvalue weighted by molar-refractivity contribution is 7.92. The molecule has 0 unspecified atom stereocenters. The van der Waals surface area contributed by atoms with Gasteiger partial charge in [-0.2, -0.15) is 5.10 Å². The van der Waals surface area contributed by atoms with E-state index in [-0.39, 0.29) is 23.2 Å². The Morgan fingerprint density at radius 1 is 1.29 bits per heavy atom. The molecule has 0 radical (unpaired) electrons. The molecule has 1 aliphatic rings. The first-order valence-corrected chi connectivity index (χ1v) is 12.1. The molecular weight excluding hydrogens is 440 g/mol. The Bertz CT molecular complexity index is 1230. The van der Waals surface area contributed by atoms with Gasteiger partial charge >= 0.3 is 0 Å². The third kappa shape index (κ3) is 4.45. The molecule has 164 valence electrons. The van der Waals surface area contributed by atoms with Crippen LogP contribution in [0.4, 0.5) is 11.5 Å². The minimum Gasteiger partial charge on any atom is -0.383 e. The number of nitrogen functional groups attached to an aromatic ring is 1. The lowest BCUT2D eigenvalue weighted by Gasteiger charge is -2.35. The Kier molecular flexibility index (Phi) is 5.52. The molecular formula is C20H23ClN6O3S. The van der Waals surface area contributed by atoms with Gasteiger partial charge in [-0.25, -0.2) is 17.9 Å². The Balaban J connectivity index is 1.73. The van der Waals surface area contributed by atoms with E-state index in [2.05, 4.69) is 14.8 Å². The van der Waals surface area contributed by atoms with E-state index in [1.54, 1.807) is 21.7 Å². The lowest BCUT2D eigenvalue weighted by atomic mass is 9.98. The normalized spacial score (nSPS) is 17.1. The van der Waals surface area contributed by atoms with Gasteiger partial charge in [-0.15, -0.1) is 0 Å². The van der Waals surface area contributed by atoms with E-state index in [0.717, 1.165) is 31.1 Å². The molecule has 3 aromatic rings. The third-order valence-corrected chi connectivity index (χ3v) is 6.13. The molecule has 9 nitrogen and oxygen atoms in total. The van der Waals surface area contributed by atoms with E-state index in [4.69, 9.17) is 17.3 Å². The van der Waals surface area contributed by atoms with E-state index >= 15 is 0 Å². The SMILES string of the molecule is Cc1cn2nc([C@@H]3CCCCN3C(=O)c3cc(Cl)ccc3NS(C)(=O)=O)cc2nc1N. The quantitative estimate of drug-likeness (QED) is 0.614. The number of fused-ring (bicyclic) bond motifs is 1. The number of hydrogen-bond acceptors (Lipinski definition) is 6. The average molecular weight is 463 g/mol. The number of piperidine rings is 1. The van der Waals surface area contributed by atoms with Crippen LogP contribution in [0.1, 0.15) is 46.9 Å². The maximum Gasteiger partial charge on any atom is 0.256 e. The van der Waals surface area contributed by atoms with Gasteiger partial charge in [0.15, 0.2) is 5.65 Å². The summed E-state index contributed by atoms with van der Waals surface area (Å²) >= 11 is 6.12. The summed E-state index contributed by atoms with van der Waals surface area (Å²) in [5, 5.41) is 4.98. The second-order valence-corrected chi connectivity index (χ2v) is 9.94. The number of benzene rings is 1. The van der Waals surface area contributed by atoms with Gasteiger partial charge in [0.05, 0.1) is 29.2 Å². The number of anilines is 2. The zero-order valence-corrected chi connectivity index (χ0v) is 18.7. The zero-order chi connectivity index (χ0) is 22.3. The predicted octanol–water partition coefficient (Wildman–Crippen LogP) is 3.01. The number of hydrogen-bond donors (Lipinski definition) is 2. The molecule has 0 bridgehead atoms. The number of nitrogens with two attached hydrogens (primary N) is 1. The number of carbonyl (C=O) groups is 1. The van der Waals surface area contributed by atoms with Crippen LogP contribution in [-0.4, -0.2) is 46.6 Å². The van der Waals surface area contributed by atoms with Crippen molar-refractivity contribution < 1.29 is 13.2 Å². The number of sulfonamides is 1. The van der Waals surface area contributed by atoms with Crippen LogP contribution < -0.4 is 10.5 Å². The van der Waals surface area contributed by atoms with Crippen molar-refractivity contribution in [2.75, 3.05) is 23.3 Å². The van der Waals surface area contributed by atoms with Crippen molar-refractivity contribution in [2.45, 2.75) is 32.2 Å². The van der Waals surface area contributed by atoms with Crippen molar-refractivity contribution in [3.63, 3.8) is 0 Å². The molecule has 2 aromatic heterocycles. The Morgan fingerprint density at radius 3 is 2.81 bits per heavy atom. The van der Waals surface area contributed by atoms with Crippen molar-refractivity contribution in [1.82, 2.24) is 19.5 Å². The maximum atomic E-state index is 13.5. The second kappa shape index (κ2) is 8.01. The molecule has 4 rings (SSSR count). The number of nitrogens with zero attached hydrogens (tertiary/aromatic N) is 4. The Hall–Kier alpha value is -2.85. The zero-order valence-electron chi connectivity index (χ0n) is 17.2. The van der Waals surface area contributed by atoms with Crippen molar-refractivity contribution in [3.05, 3.63) is 52.3 Å². The fourth-order valence-corrected chi connectivity index (χ4v) is 4.57. The van der Waals surface area contributed by atoms with E-state index in [1.807, 2.05) is 13.0 Å². The Morgan fingerprint density at radius 2 is 2.06 bits per heavy atom. The molecule has 0 spiro atoms. The number of amides is 1. The molecule has 0 aliphatic carbocycles. The van der Waals surface area contributed by atoms with Crippen LogP contribution in [0.15, 0.2) is 30.5 Å². The molecule has 1 aliphatic heterocycles. The fourth-order valence-electron chi connectivity index (χ4n) is 3.82. The van der Waals surface area contributed by atoms with Crippen LogP contribution in [0.25, 0.3) is 5.65 Å². The topological polar surface area (TPSA) is 123 Å². The van der Waals surface area contributed by atoms with Gasteiger partial charge in [0.1, 0.15) is 5.82 Å². The van der Waals surface area contributed by atoms with E-state index in [1.165, 1.54) is 12.1 Å². The first-order chi connectivity index (χ1) is 14.6. The summed E-state index contributed by atoms with van der Waals surface area (Å²) in [6.07, 6.45) is 5.37. The van der Waals surface area contributed by atoms with Gasteiger partial charge in [0.2, 0.25) is 10.0 Å².